The number of hydrogen-bond acceptors (Lipinski definition) is 7. The maximum absolute atomic E-state index is 12.4. The van der Waals surface area contributed by atoms with Gasteiger partial charge in [-0.1, -0.05) is 0 Å². The zero-order valence-corrected chi connectivity index (χ0v) is 16.7. The van der Waals surface area contributed by atoms with E-state index in [1.54, 1.807) is 62.3 Å². The molecule has 0 aliphatic rings. The maximum Gasteiger partial charge on any atom is 0.240 e. The first-order chi connectivity index (χ1) is 13.4. The molecule has 0 aliphatic heterocycles. The van der Waals surface area contributed by atoms with Crippen LogP contribution >= 0.6 is 0 Å². The van der Waals surface area contributed by atoms with Gasteiger partial charge >= 0.3 is 0 Å². The van der Waals surface area contributed by atoms with Gasteiger partial charge in [0.25, 0.3) is 0 Å². The van der Waals surface area contributed by atoms with Crippen molar-refractivity contribution in [1.82, 2.24) is 24.5 Å². The van der Waals surface area contributed by atoms with E-state index in [1.807, 2.05) is 0 Å². The number of anilines is 1. The molecule has 3 rings (SSSR count). The van der Waals surface area contributed by atoms with Crippen LogP contribution in [0.3, 0.4) is 0 Å². The van der Waals surface area contributed by atoms with Crippen molar-refractivity contribution >= 4 is 15.8 Å². The third kappa shape index (κ3) is 4.65. The highest BCUT2D eigenvalue weighted by Crippen LogP contribution is 2.21. The molecule has 2 heterocycles. The second-order valence-electron chi connectivity index (χ2n) is 6.07. The van der Waals surface area contributed by atoms with Crippen molar-refractivity contribution in [3.8, 4) is 11.6 Å². The van der Waals surface area contributed by atoms with Gasteiger partial charge in [-0.05, 0) is 43.7 Å². The summed E-state index contributed by atoms with van der Waals surface area (Å²) in [6, 6.07) is 8.30. The summed E-state index contributed by atoms with van der Waals surface area (Å²) in [5.74, 6) is 2.46. The molecule has 0 amide bonds. The lowest BCUT2D eigenvalue weighted by atomic mass is 10.2. The fourth-order valence-corrected chi connectivity index (χ4v) is 3.76. The Labute approximate surface area is 163 Å². The van der Waals surface area contributed by atoms with E-state index in [4.69, 9.17) is 4.74 Å². The number of hydrogen-bond donors (Lipinski definition) is 2. The molecule has 3 aromatic rings. The number of aryl methyl sites for hydroxylation is 2. The fourth-order valence-electron chi connectivity index (χ4n) is 2.64. The average molecular weight is 402 g/mol. The zero-order chi connectivity index (χ0) is 20.1. The third-order valence-electron chi connectivity index (χ3n) is 3.96. The second-order valence-corrected chi connectivity index (χ2v) is 7.83. The Bertz CT molecular complexity index is 1050. The Hall–Kier alpha value is -2.98. The predicted molar refractivity (Wildman–Crippen MR) is 105 cm³/mol. The summed E-state index contributed by atoms with van der Waals surface area (Å²) in [7, 11) is -2.06. The molecule has 0 bridgehead atoms. The number of sulfonamides is 1. The normalized spacial score (nSPS) is 11.4. The van der Waals surface area contributed by atoms with Crippen molar-refractivity contribution in [1.29, 1.82) is 0 Å². The number of benzene rings is 1. The van der Waals surface area contributed by atoms with Crippen molar-refractivity contribution < 1.29 is 13.2 Å². The van der Waals surface area contributed by atoms with Crippen molar-refractivity contribution in [3.05, 3.63) is 54.1 Å². The Morgan fingerprint density at radius 2 is 1.96 bits per heavy atom. The highest BCUT2D eigenvalue weighted by Gasteiger charge is 2.15. The molecule has 0 fully saturated rings. The highest BCUT2D eigenvalue weighted by molar-refractivity contribution is 7.89. The van der Waals surface area contributed by atoms with Gasteiger partial charge in [0.05, 0.1) is 12.0 Å². The van der Waals surface area contributed by atoms with E-state index in [2.05, 4.69) is 25.1 Å². The first-order valence-electron chi connectivity index (χ1n) is 8.63. The van der Waals surface area contributed by atoms with E-state index >= 15 is 0 Å². The van der Waals surface area contributed by atoms with Crippen LogP contribution in [0.5, 0.6) is 5.75 Å². The summed E-state index contributed by atoms with van der Waals surface area (Å²) in [6.07, 6.45) is 3.46. The van der Waals surface area contributed by atoms with Crippen LogP contribution in [0.15, 0.2) is 47.6 Å². The molecule has 0 spiro atoms. The summed E-state index contributed by atoms with van der Waals surface area (Å²) in [5.41, 5.74) is 0.756. The van der Waals surface area contributed by atoms with Gasteiger partial charge in [-0.2, -0.15) is 5.10 Å². The first kappa shape index (κ1) is 19.8. The lowest BCUT2D eigenvalue weighted by Gasteiger charge is -2.11. The molecular formula is C18H22N6O3S. The minimum absolute atomic E-state index is 0.199. The number of nitrogens with one attached hydrogen (secondary N) is 2. The zero-order valence-electron chi connectivity index (χ0n) is 15.9. The number of ether oxygens (including phenoxy) is 1. The largest absolute Gasteiger partial charge is 0.496 e. The van der Waals surface area contributed by atoms with Crippen LogP contribution in [0.25, 0.3) is 5.82 Å². The maximum atomic E-state index is 12.4. The summed E-state index contributed by atoms with van der Waals surface area (Å²) in [6.45, 7) is 4.15. The molecule has 28 heavy (non-hydrogen) atoms. The molecule has 2 aromatic heterocycles. The van der Waals surface area contributed by atoms with Gasteiger partial charge in [-0.3, -0.25) is 0 Å². The molecule has 0 radical (unpaired) electrons. The van der Waals surface area contributed by atoms with Crippen LogP contribution < -0.4 is 14.8 Å². The summed E-state index contributed by atoms with van der Waals surface area (Å²) < 4.78 is 34.3. The van der Waals surface area contributed by atoms with E-state index in [0.29, 0.717) is 29.8 Å². The van der Waals surface area contributed by atoms with Gasteiger partial charge in [0.1, 0.15) is 17.4 Å². The van der Waals surface area contributed by atoms with Crippen molar-refractivity contribution in [2.24, 2.45) is 0 Å². The molecule has 0 saturated carbocycles. The van der Waals surface area contributed by atoms with Crippen LogP contribution in [-0.2, 0) is 10.0 Å². The van der Waals surface area contributed by atoms with E-state index < -0.39 is 10.0 Å². The monoisotopic (exact) mass is 402 g/mol. The van der Waals surface area contributed by atoms with Crippen LogP contribution in [-0.4, -0.2) is 48.4 Å². The van der Waals surface area contributed by atoms with Crippen molar-refractivity contribution in [2.45, 2.75) is 18.7 Å². The Morgan fingerprint density at radius 3 is 2.64 bits per heavy atom. The summed E-state index contributed by atoms with van der Waals surface area (Å²) >= 11 is 0. The molecule has 1 aromatic carbocycles. The Balaban J connectivity index is 1.60. The van der Waals surface area contributed by atoms with E-state index in [0.717, 1.165) is 5.56 Å². The quantitative estimate of drug-likeness (QED) is 0.552. The average Bonchev–Trinajstić information content (AvgIpc) is 3.19. The third-order valence-corrected chi connectivity index (χ3v) is 5.42. The molecular weight excluding hydrogens is 380 g/mol. The van der Waals surface area contributed by atoms with Gasteiger partial charge < -0.3 is 10.1 Å². The molecule has 0 aliphatic carbocycles. The molecule has 10 heteroatoms. The number of nitrogens with zero attached hydrogens (tertiary/aromatic N) is 4. The van der Waals surface area contributed by atoms with E-state index in [9.17, 15) is 8.42 Å². The van der Waals surface area contributed by atoms with Crippen molar-refractivity contribution in [3.63, 3.8) is 0 Å². The standard InChI is InChI=1S/C18H22N6O3S/c1-13-11-15(5-6-16(13)27-3)28(25,26)21-9-8-19-17-12-18(23-14(2)22-17)24-10-4-7-20-24/h4-7,10-12,21H,8-9H2,1-3H3,(H,19,22,23). The van der Waals surface area contributed by atoms with Gasteiger partial charge in [0, 0.05) is 31.5 Å². The van der Waals surface area contributed by atoms with Gasteiger partial charge in [-0.25, -0.2) is 27.8 Å². The number of rotatable bonds is 8. The van der Waals surface area contributed by atoms with Crippen molar-refractivity contribution in [2.75, 3.05) is 25.5 Å². The molecule has 0 saturated heterocycles. The van der Waals surface area contributed by atoms with Crippen LogP contribution in [0.4, 0.5) is 5.82 Å². The summed E-state index contributed by atoms with van der Waals surface area (Å²) in [5, 5.41) is 7.25. The van der Waals surface area contributed by atoms with Gasteiger partial charge in [0.2, 0.25) is 10.0 Å². The Morgan fingerprint density at radius 1 is 1.14 bits per heavy atom. The van der Waals surface area contributed by atoms with Crippen LogP contribution in [0.1, 0.15) is 11.4 Å². The lowest BCUT2D eigenvalue weighted by Crippen LogP contribution is -2.29. The van der Waals surface area contributed by atoms with Crippen LogP contribution in [0.2, 0.25) is 0 Å². The van der Waals surface area contributed by atoms with Gasteiger partial charge in [0.15, 0.2) is 5.82 Å². The molecule has 148 valence electrons. The van der Waals surface area contributed by atoms with E-state index in [-0.39, 0.29) is 11.4 Å². The highest BCUT2D eigenvalue weighted by atomic mass is 32.2. The van der Waals surface area contributed by atoms with Gasteiger partial charge in [-0.15, -0.1) is 0 Å². The SMILES string of the molecule is COc1ccc(S(=O)(=O)NCCNc2cc(-n3cccn3)nc(C)n2)cc1C. The lowest BCUT2D eigenvalue weighted by molar-refractivity contribution is 0.411. The molecule has 0 atom stereocenters. The first-order valence-corrected chi connectivity index (χ1v) is 10.1. The minimum Gasteiger partial charge on any atom is -0.496 e. The fraction of sp³-hybridized carbons (Fsp3) is 0.278. The second kappa shape index (κ2) is 8.36. The summed E-state index contributed by atoms with van der Waals surface area (Å²) in [4.78, 5) is 8.84. The predicted octanol–water partition coefficient (Wildman–Crippen LogP) is 1.68. The minimum atomic E-state index is -3.61. The molecule has 9 nitrogen and oxygen atoms in total. The Kier molecular flexibility index (Phi) is 5.90. The smallest absolute Gasteiger partial charge is 0.240 e. The van der Waals surface area contributed by atoms with Crippen LogP contribution in [0, 0.1) is 13.8 Å². The molecule has 0 unspecified atom stereocenters. The topological polar surface area (TPSA) is 111 Å². The molecule has 2 N–H and O–H groups in total. The number of methoxy groups -OCH3 is 1. The van der Waals surface area contributed by atoms with E-state index in [1.165, 1.54) is 6.07 Å². The number of aromatic nitrogens is 4.